The molecule has 0 amide bonds. The van der Waals surface area contributed by atoms with Crippen molar-refractivity contribution in [3.63, 3.8) is 0 Å². The van der Waals surface area contributed by atoms with E-state index in [1.165, 1.54) is 0 Å². The van der Waals surface area contributed by atoms with Crippen LogP contribution in [0.1, 0.15) is 5.56 Å². The lowest BCUT2D eigenvalue weighted by molar-refractivity contribution is 1.35. The number of anilines is 1. The number of hydrogen-bond donors (Lipinski definition) is 1. The Labute approximate surface area is 124 Å². The Morgan fingerprint density at radius 3 is 2.39 bits per heavy atom. The normalized spacial score (nSPS) is 10.8. The topological polar surface area (TPSA) is 24.4 Å². The van der Waals surface area contributed by atoms with Gasteiger partial charge in [-0.2, -0.15) is 5.10 Å². The fraction of sp³-hybridized carbons (Fsp3) is 0. The average Bonchev–Trinajstić information content (AvgIpc) is 2.36. The summed E-state index contributed by atoms with van der Waals surface area (Å²) in [6.45, 7) is 0. The van der Waals surface area contributed by atoms with Crippen LogP contribution in [0.4, 0.5) is 5.69 Å². The van der Waals surface area contributed by atoms with Gasteiger partial charge in [-0.15, -0.1) is 0 Å². The molecule has 92 valence electrons. The summed E-state index contributed by atoms with van der Waals surface area (Å²) in [7, 11) is 0. The standard InChI is InChI=1S/C13H9BrCl2N2/c14-10-3-1-9(2-4-10)8-17-18-11-5-6-12(15)13(16)7-11/h1-8,18H. The first kappa shape index (κ1) is 13.4. The van der Waals surface area contributed by atoms with Crippen LogP contribution >= 0.6 is 39.1 Å². The van der Waals surface area contributed by atoms with E-state index in [1.54, 1.807) is 18.3 Å². The lowest BCUT2D eigenvalue weighted by Crippen LogP contribution is -1.90. The van der Waals surface area contributed by atoms with Gasteiger partial charge in [-0.1, -0.05) is 51.3 Å². The minimum Gasteiger partial charge on any atom is -0.278 e. The first-order chi connectivity index (χ1) is 8.65. The van der Waals surface area contributed by atoms with Crippen LogP contribution in [0.5, 0.6) is 0 Å². The zero-order valence-electron chi connectivity index (χ0n) is 9.20. The van der Waals surface area contributed by atoms with E-state index in [9.17, 15) is 0 Å². The molecule has 0 fully saturated rings. The van der Waals surface area contributed by atoms with E-state index < -0.39 is 0 Å². The van der Waals surface area contributed by atoms with Crippen LogP contribution in [0.15, 0.2) is 52.0 Å². The summed E-state index contributed by atoms with van der Waals surface area (Å²) >= 11 is 15.1. The van der Waals surface area contributed by atoms with Gasteiger partial charge in [-0.25, -0.2) is 0 Å². The molecule has 0 bridgehead atoms. The quantitative estimate of drug-likeness (QED) is 0.601. The number of benzene rings is 2. The van der Waals surface area contributed by atoms with Crippen LogP contribution < -0.4 is 5.43 Å². The minimum atomic E-state index is 0.500. The predicted octanol–water partition coefficient (Wildman–Crippen LogP) is 5.20. The molecule has 5 heteroatoms. The highest BCUT2D eigenvalue weighted by atomic mass is 79.9. The minimum absolute atomic E-state index is 0.500. The van der Waals surface area contributed by atoms with Crippen molar-refractivity contribution < 1.29 is 0 Å². The zero-order chi connectivity index (χ0) is 13.0. The lowest BCUT2D eigenvalue weighted by atomic mass is 10.2. The van der Waals surface area contributed by atoms with E-state index >= 15 is 0 Å². The molecule has 0 unspecified atom stereocenters. The maximum absolute atomic E-state index is 5.90. The van der Waals surface area contributed by atoms with Gasteiger partial charge < -0.3 is 0 Å². The third kappa shape index (κ3) is 3.73. The fourth-order valence-electron chi connectivity index (χ4n) is 1.30. The molecule has 0 saturated carbocycles. The average molecular weight is 344 g/mol. The van der Waals surface area contributed by atoms with E-state index in [-0.39, 0.29) is 0 Å². The molecule has 2 nitrogen and oxygen atoms in total. The summed E-state index contributed by atoms with van der Waals surface area (Å²) in [6.07, 6.45) is 1.73. The number of rotatable bonds is 3. The maximum Gasteiger partial charge on any atom is 0.0613 e. The summed E-state index contributed by atoms with van der Waals surface area (Å²) in [5.41, 5.74) is 4.69. The molecule has 0 aliphatic carbocycles. The van der Waals surface area contributed by atoms with Gasteiger partial charge in [0.1, 0.15) is 0 Å². The van der Waals surface area contributed by atoms with Gasteiger partial charge in [0.2, 0.25) is 0 Å². The van der Waals surface area contributed by atoms with Crippen molar-refractivity contribution in [3.05, 3.63) is 62.5 Å². The second kappa shape index (κ2) is 6.23. The highest BCUT2D eigenvalue weighted by Crippen LogP contribution is 2.24. The number of nitrogens with zero attached hydrogens (tertiary/aromatic N) is 1. The van der Waals surface area contributed by atoms with Gasteiger partial charge in [-0.05, 0) is 35.9 Å². The third-order valence-corrected chi connectivity index (χ3v) is 3.46. The first-order valence-electron chi connectivity index (χ1n) is 5.15. The number of halogens is 3. The summed E-state index contributed by atoms with van der Waals surface area (Å²) in [6, 6.07) is 13.1. The molecular formula is C13H9BrCl2N2. The molecule has 0 aliphatic heterocycles. The van der Waals surface area contributed by atoms with Crippen LogP contribution in [0.25, 0.3) is 0 Å². The molecule has 2 aromatic carbocycles. The van der Waals surface area contributed by atoms with Gasteiger partial charge >= 0.3 is 0 Å². The third-order valence-electron chi connectivity index (χ3n) is 2.20. The molecule has 2 rings (SSSR count). The van der Waals surface area contributed by atoms with E-state index in [2.05, 4.69) is 26.5 Å². The summed E-state index contributed by atoms with van der Waals surface area (Å²) in [5, 5.41) is 5.15. The van der Waals surface area contributed by atoms with E-state index in [1.807, 2.05) is 30.3 Å². The summed E-state index contributed by atoms with van der Waals surface area (Å²) < 4.78 is 1.04. The smallest absolute Gasteiger partial charge is 0.0613 e. The molecule has 0 radical (unpaired) electrons. The van der Waals surface area contributed by atoms with Crippen molar-refractivity contribution in [2.45, 2.75) is 0 Å². The molecule has 18 heavy (non-hydrogen) atoms. The molecule has 0 saturated heterocycles. The first-order valence-corrected chi connectivity index (χ1v) is 6.70. The van der Waals surface area contributed by atoms with Crippen molar-refractivity contribution in [2.24, 2.45) is 5.10 Å². The van der Waals surface area contributed by atoms with Crippen molar-refractivity contribution >= 4 is 51.0 Å². The number of hydrogen-bond acceptors (Lipinski definition) is 2. The molecule has 0 aliphatic rings. The van der Waals surface area contributed by atoms with Gasteiger partial charge in [0, 0.05) is 4.47 Å². The second-order valence-corrected chi connectivity index (χ2v) is 5.28. The van der Waals surface area contributed by atoms with Gasteiger partial charge in [0.25, 0.3) is 0 Å². The molecule has 0 spiro atoms. The Bertz CT molecular complexity index is 568. The van der Waals surface area contributed by atoms with Crippen molar-refractivity contribution in [1.29, 1.82) is 0 Å². The Morgan fingerprint density at radius 2 is 1.72 bits per heavy atom. The van der Waals surface area contributed by atoms with E-state index in [0.29, 0.717) is 10.0 Å². The Kier molecular flexibility index (Phi) is 4.64. The van der Waals surface area contributed by atoms with Gasteiger partial charge in [0.15, 0.2) is 0 Å². The molecule has 2 aromatic rings. The zero-order valence-corrected chi connectivity index (χ0v) is 12.3. The van der Waals surface area contributed by atoms with E-state index in [0.717, 1.165) is 15.7 Å². The molecular weight excluding hydrogens is 335 g/mol. The summed E-state index contributed by atoms with van der Waals surface area (Å²) in [5.74, 6) is 0. The number of nitrogens with one attached hydrogen (secondary N) is 1. The van der Waals surface area contributed by atoms with Gasteiger partial charge in [0.05, 0.1) is 21.9 Å². The Hall–Kier alpha value is -1.03. The van der Waals surface area contributed by atoms with Crippen molar-refractivity contribution in [2.75, 3.05) is 5.43 Å². The Morgan fingerprint density at radius 1 is 1.00 bits per heavy atom. The van der Waals surface area contributed by atoms with Crippen LogP contribution in [0.2, 0.25) is 10.0 Å². The highest BCUT2D eigenvalue weighted by molar-refractivity contribution is 9.10. The second-order valence-electron chi connectivity index (χ2n) is 3.55. The Balaban J connectivity index is 2.02. The molecule has 0 heterocycles. The van der Waals surface area contributed by atoms with Crippen molar-refractivity contribution in [3.8, 4) is 0 Å². The van der Waals surface area contributed by atoms with Crippen LogP contribution in [0.3, 0.4) is 0 Å². The van der Waals surface area contributed by atoms with Crippen LogP contribution in [0, 0.1) is 0 Å². The van der Waals surface area contributed by atoms with E-state index in [4.69, 9.17) is 23.2 Å². The largest absolute Gasteiger partial charge is 0.278 e. The van der Waals surface area contributed by atoms with Crippen LogP contribution in [-0.2, 0) is 0 Å². The maximum atomic E-state index is 5.90. The van der Waals surface area contributed by atoms with Crippen molar-refractivity contribution in [1.82, 2.24) is 0 Å². The van der Waals surface area contributed by atoms with Crippen LogP contribution in [-0.4, -0.2) is 6.21 Å². The predicted molar refractivity (Wildman–Crippen MR) is 81.8 cm³/mol. The highest BCUT2D eigenvalue weighted by Gasteiger charge is 1.97. The summed E-state index contributed by atoms with van der Waals surface area (Å²) in [4.78, 5) is 0. The SMILES string of the molecule is Clc1ccc(NN=Cc2ccc(Br)cc2)cc1Cl. The molecule has 0 aromatic heterocycles. The number of hydrazone groups is 1. The van der Waals surface area contributed by atoms with Gasteiger partial charge in [-0.3, -0.25) is 5.43 Å². The fourth-order valence-corrected chi connectivity index (χ4v) is 1.86. The monoisotopic (exact) mass is 342 g/mol. The molecule has 0 atom stereocenters. The molecule has 1 N–H and O–H groups in total. The lowest BCUT2D eigenvalue weighted by Gasteiger charge is -2.01.